The lowest BCUT2D eigenvalue weighted by Gasteiger charge is -2.16. The Kier molecular flexibility index (Phi) is 5.36. The maximum Gasteiger partial charge on any atom is 0.251 e. The maximum absolute atomic E-state index is 11.4. The van der Waals surface area contributed by atoms with Crippen LogP contribution in [0.1, 0.15) is 11.5 Å². The van der Waals surface area contributed by atoms with Gasteiger partial charge >= 0.3 is 0 Å². The summed E-state index contributed by atoms with van der Waals surface area (Å²) in [6.45, 7) is 3.63. The molecule has 1 heterocycles. The lowest BCUT2D eigenvalue weighted by Crippen LogP contribution is -2.25. The van der Waals surface area contributed by atoms with Crippen LogP contribution in [-0.2, 0) is 6.54 Å². The molecule has 0 unspecified atom stereocenters. The van der Waals surface area contributed by atoms with Crippen molar-refractivity contribution in [2.75, 3.05) is 20.2 Å². The molecule has 0 spiro atoms. The molecule has 0 atom stereocenters. The van der Waals surface area contributed by atoms with E-state index in [2.05, 4.69) is 9.97 Å². The van der Waals surface area contributed by atoms with Crippen LogP contribution in [0.15, 0.2) is 35.1 Å². The highest BCUT2D eigenvalue weighted by atomic mass is 35.5. The van der Waals surface area contributed by atoms with E-state index in [1.165, 1.54) is 6.07 Å². The fraction of sp³-hybridized carbons (Fsp3) is 0.333. The molecule has 21 heavy (non-hydrogen) atoms. The number of aryl methyl sites for hydroxylation is 1. The van der Waals surface area contributed by atoms with E-state index in [4.69, 9.17) is 16.3 Å². The van der Waals surface area contributed by atoms with E-state index < -0.39 is 0 Å². The minimum absolute atomic E-state index is 0.124. The Morgan fingerprint density at radius 1 is 1.38 bits per heavy atom. The van der Waals surface area contributed by atoms with Crippen molar-refractivity contribution in [1.82, 2.24) is 14.9 Å². The third-order valence-corrected chi connectivity index (χ3v) is 3.12. The summed E-state index contributed by atoms with van der Waals surface area (Å²) in [5, 5.41) is 0.657. The molecule has 0 aliphatic heterocycles. The zero-order valence-corrected chi connectivity index (χ0v) is 12.9. The van der Waals surface area contributed by atoms with Crippen LogP contribution in [0.25, 0.3) is 0 Å². The van der Waals surface area contributed by atoms with E-state index >= 15 is 0 Å². The second kappa shape index (κ2) is 7.24. The van der Waals surface area contributed by atoms with Crippen LogP contribution >= 0.6 is 11.6 Å². The summed E-state index contributed by atoms with van der Waals surface area (Å²) >= 11 is 5.89. The van der Waals surface area contributed by atoms with Gasteiger partial charge in [-0.2, -0.15) is 0 Å². The summed E-state index contributed by atoms with van der Waals surface area (Å²) in [4.78, 5) is 20.3. The van der Waals surface area contributed by atoms with Crippen molar-refractivity contribution in [3.8, 4) is 5.75 Å². The first-order valence-electron chi connectivity index (χ1n) is 6.67. The molecule has 5 nitrogen and oxygen atoms in total. The predicted molar refractivity (Wildman–Crippen MR) is 82.9 cm³/mol. The van der Waals surface area contributed by atoms with Crippen molar-refractivity contribution < 1.29 is 4.74 Å². The number of nitrogens with zero attached hydrogens (tertiary/aromatic N) is 2. The normalized spacial score (nSPS) is 10.9. The summed E-state index contributed by atoms with van der Waals surface area (Å²) in [5.74, 6) is 1.38. The number of rotatable bonds is 6. The van der Waals surface area contributed by atoms with Gasteiger partial charge in [-0.3, -0.25) is 9.69 Å². The molecule has 1 aromatic heterocycles. The molecule has 112 valence electrons. The largest absolute Gasteiger partial charge is 0.492 e. The topological polar surface area (TPSA) is 58.2 Å². The lowest BCUT2D eigenvalue weighted by atomic mass is 10.3. The summed E-state index contributed by atoms with van der Waals surface area (Å²) in [5.41, 5.74) is 0.627. The van der Waals surface area contributed by atoms with Gasteiger partial charge in [-0.25, -0.2) is 4.98 Å². The minimum atomic E-state index is -0.124. The molecule has 2 rings (SSSR count). The van der Waals surface area contributed by atoms with Crippen molar-refractivity contribution in [3.63, 3.8) is 0 Å². The van der Waals surface area contributed by atoms with Crippen LogP contribution in [0.4, 0.5) is 0 Å². The lowest BCUT2D eigenvalue weighted by molar-refractivity contribution is 0.231. The highest BCUT2D eigenvalue weighted by Crippen LogP contribution is 2.16. The molecule has 0 radical (unpaired) electrons. The third-order valence-electron chi connectivity index (χ3n) is 2.88. The first-order valence-corrected chi connectivity index (χ1v) is 7.04. The highest BCUT2D eigenvalue weighted by molar-refractivity contribution is 6.30. The number of benzene rings is 1. The molecule has 1 N–H and O–H groups in total. The van der Waals surface area contributed by atoms with Gasteiger partial charge in [0.1, 0.15) is 18.2 Å². The predicted octanol–water partition coefficient (Wildman–Crippen LogP) is 2.24. The quantitative estimate of drug-likeness (QED) is 0.889. The van der Waals surface area contributed by atoms with Crippen LogP contribution in [-0.4, -0.2) is 35.1 Å². The SMILES string of the molecule is Cc1nc(CN(C)CCOc2cccc(Cl)c2)cc(=O)[nH]1. The smallest absolute Gasteiger partial charge is 0.251 e. The molecule has 0 amide bonds. The van der Waals surface area contributed by atoms with Gasteiger partial charge in [-0.15, -0.1) is 0 Å². The van der Waals surface area contributed by atoms with Gasteiger partial charge in [0.05, 0.1) is 5.69 Å². The number of likely N-dealkylation sites (N-methyl/N-ethyl adjacent to an activating group) is 1. The molecule has 0 bridgehead atoms. The number of nitrogens with one attached hydrogen (secondary N) is 1. The van der Waals surface area contributed by atoms with E-state index in [1.54, 1.807) is 13.0 Å². The minimum Gasteiger partial charge on any atom is -0.492 e. The van der Waals surface area contributed by atoms with Gasteiger partial charge in [0.2, 0.25) is 0 Å². The second-order valence-corrected chi connectivity index (χ2v) is 5.30. The third kappa shape index (κ3) is 5.21. The number of hydrogen-bond donors (Lipinski definition) is 1. The van der Waals surface area contributed by atoms with Gasteiger partial charge in [-0.05, 0) is 32.2 Å². The maximum atomic E-state index is 11.4. The van der Waals surface area contributed by atoms with Gasteiger partial charge in [0.25, 0.3) is 5.56 Å². The molecule has 0 aliphatic rings. The average Bonchev–Trinajstić information content (AvgIpc) is 2.37. The van der Waals surface area contributed by atoms with Crippen LogP contribution in [0.5, 0.6) is 5.75 Å². The molecule has 1 aromatic carbocycles. The Morgan fingerprint density at radius 2 is 2.19 bits per heavy atom. The fourth-order valence-electron chi connectivity index (χ4n) is 1.95. The number of hydrogen-bond acceptors (Lipinski definition) is 4. The molecule has 0 fully saturated rings. The number of aromatic amines is 1. The molecular weight excluding hydrogens is 290 g/mol. The van der Waals surface area contributed by atoms with Crippen LogP contribution in [0.2, 0.25) is 5.02 Å². The second-order valence-electron chi connectivity index (χ2n) is 4.87. The van der Waals surface area contributed by atoms with E-state index in [1.807, 2.05) is 30.1 Å². The Labute approximate surface area is 128 Å². The summed E-state index contributed by atoms with van der Waals surface area (Å²) < 4.78 is 5.63. The monoisotopic (exact) mass is 307 g/mol. The van der Waals surface area contributed by atoms with Crippen LogP contribution in [0, 0.1) is 6.92 Å². The molecule has 2 aromatic rings. The van der Waals surface area contributed by atoms with Gasteiger partial charge < -0.3 is 9.72 Å². The number of halogens is 1. The number of H-pyrrole nitrogens is 1. The van der Waals surface area contributed by atoms with Crippen LogP contribution in [0.3, 0.4) is 0 Å². The van der Waals surface area contributed by atoms with Crippen LogP contribution < -0.4 is 10.3 Å². The van der Waals surface area contributed by atoms with E-state index in [9.17, 15) is 4.79 Å². The van der Waals surface area contributed by atoms with Crippen molar-refractivity contribution in [2.45, 2.75) is 13.5 Å². The van der Waals surface area contributed by atoms with Crippen molar-refractivity contribution in [1.29, 1.82) is 0 Å². The zero-order valence-electron chi connectivity index (χ0n) is 12.1. The summed E-state index contributed by atoms with van der Waals surface area (Å²) in [7, 11) is 1.96. The Hall–Kier alpha value is -1.85. The van der Waals surface area contributed by atoms with E-state index in [0.29, 0.717) is 24.0 Å². The Morgan fingerprint density at radius 3 is 2.90 bits per heavy atom. The standard InChI is InChI=1S/C15H18ClN3O2/c1-11-17-13(9-15(20)18-11)10-19(2)6-7-21-14-5-3-4-12(16)8-14/h3-5,8-9H,6-7,10H2,1-2H3,(H,17,18,20). The van der Waals surface area contributed by atoms with Gasteiger partial charge in [0.15, 0.2) is 0 Å². The summed E-state index contributed by atoms with van der Waals surface area (Å²) in [6, 6.07) is 8.82. The Bertz CT molecular complexity index is 657. The zero-order chi connectivity index (χ0) is 15.2. The summed E-state index contributed by atoms with van der Waals surface area (Å²) in [6.07, 6.45) is 0. The first-order chi connectivity index (χ1) is 10.0. The average molecular weight is 308 g/mol. The van der Waals surface area contributed by atoms with Crippen molar-refractivity contribution in [2.24, 2.45) is 0 Å². The molecule has 0 saturated carbocycles. The first kappa shape index (κ1) is 15.5. The van der Waals surface area contributed by atoms with E-state index in [-0.39, 0.29) is 5.56 Å². The van der Waals surface area contributed by atoms with Crippen molar-refractivity contribution >= 4 is 11.6 Å². The molecular formula is C15H18ClN3O2. The molecule has 0 saturated heterocycles. The van der Waals surface area contributed by atoms with E-state index in [0.717, 1.165) is 18.0 Å². The molecule has 6 heteroatoms. The highest BCUT2D eigenvalue weighted by Gasteiger charge is 2.04. The Balaban J connectivity index is 1.82. The molecule has 0 aliphatic carbocycles. The fourth-order valence-corrected chi connectivity index (χ4v) is 2.13. The van der Waals surface area contributed by atoms with Gasteiger partial charge in [-0.1, -0.05) is 17.7 Å². The van der Waals surface area contributed by atoms with Crippen molar-refractivity contribution in [3.05, 3.63) is 57.2 Å². The van der Waals surface area contributed by atoms with Gasteiger partial charge in [0, 0.05) is 24.2 Å². The number of aromatic nitrogens is 2. The number of ether oxygens (including phenoxy) is 1.